The van der Waals surface area contributed by atoms with Crippen LogP contribution in [0.3, 0.4) is 0 Å². The SMILES string of the molecule is c1ccc(Cn2cc(COc3ccc(C(c4ccc(OCc5cn(Cc6ccccc6)nn5)cc4)c4ccccn4)cc3)nn2)cc1. The molecule has 0 radical (unpaired) electrons. The van der Waals surface area contributed by atoms with Gasteiger partial charge in [-0.2, -0.15) is 0 Å². The van der Waals surface area contributed by atoms with Crippen molar-refractivity contribution in [3.8, 4) is 11.5 Å². The monoisotopic (exact) mass is 619 g/mol. The molecule has 0 aliphatic rings. The van der Waals surface area contributed by atoms with Crippen molar-refractivity contribution in [1.29, 1.82) is 0 Å². The van der Waals surface area contributed by atoms with Crippen molar-refractivity contribution in [2.24, 2.45) is 0 Å². The largest absolute Gasteiger partial charge is 0.487 e. The summed E-state index contributed by atoms with van der Waals surface area (Å²) in [5.41, 5.74) is 7.06. The fraction of sp³-hybridized carbons (Fsp3) is 0.132. The lowest BCUT2D eigenvalue weighted by atomic mass is 9.88. The van der Waals surface area contributed by atoms with Gasteiger partial charge in [0.2, 0.25) is 0 Å². The van der Waals surface area contributed by atoms with Crippen LogP contribution >= 0.6 is 0 Å². The molecule has 7 aromatic rings. The van der Waals surface area contributed by atoms with Gasteiger partial charge in [0.25, 0.3) is 0 Å². The lowest BCUT2D eigenvalue weighted by Gasteiger charge is -2.19. The number of aromatic nitrogens is 7. The van der Waals surface area contributed by atoms with Crippen LogP contribution in [0.15, 0.2) is 146 Å². The second kappa shape index (κ2) is 14.3. The third kappa shape index (κ3) is 7.77. The van der Waals surface area contributed by atoms with E-state index >= 15 is 0 Å². The molecule has 3 aromatic heterocycles. The van der Waals surface area contributed by atoms with E-state index in [9.17, 15) is 0 Å². The van der Waals surface area contributed by atoms with Crippen molar-refractivity contribution in [3.63, 3.8) is 0 Å². The first-order chi connectivity index (χ1) is 23.2. The maximum Gasteiger partial charge on any atom is 0.134 e. The first-order valence-electron chi connectivity index (χ1n) is 15.5. The minimum atomic E-state index is -0.0601. The van der Waals surface area contributed by atoms with Crippen LogP contribution in [0.25, 0.3) is 0 Å². The van der Waals surface area contributed by atoms with E-state index in [1.807, 2.05) is 101 Å². The molecule has 4 aromatic carbocycles. The van der Waals surface area contributed by atoms with Gasteiger partial charge >= 0.3 is 0 Å². The van der Waals surface area contributed by atoms with E-state index in [-0.39, 0.29) is 5.92 Å². The Bertz CT molecular complexity index is 1850. The summed E-state index contributed by atoms with van der Waals surface area (Å²) in [5, 5.41) is 17.0. The third-order valence-corrected chi connectivity index (χ3v) is 7.73. The highest BCUT2D eigenvalue weighted by molar-refractivity contribution is 5.44. The average Bonchev–Trinajstić information content (AvgIpc) is 3.78. The van der Waals surface area contributed by atoms with Gasteiger partial charge in [0.15, 0.2) is 0 Å². The minimum Gasteiger partial charge on any atom is -0.487 e. The average molecular weight is 620 g/mol. The smallest absolute Gasteiger partial charge is 0.134 e. The number of hydrogen-bond acceptors (Lipinski definition) is 7. The quantitative estimate of drug-likeness (QED) is 0.142. The Balaban J connectivity index is 0.988. The zero-order chi connectivity index (χ0) is 31.7. The summed E-state index contributed by atoms with van der Waals surface area (Å²) in [6.07, 6.45) is 5.66. The van der Waals surface area contributed by atoms with Crippen LogP contribution < -0.4 is 9.47 Å². The van der Waals surface area contributed by atoms with Crippen LogP contribution in [0.1, 0.15) is 45.3 Å². The van der Waals surface area contributed by atoms with Gasteiger partial charge in [-0.05, 0) is 58.7 Å². The van der Waals surface area contributed by atoms with Gasteiger partial charge in [-0.3, -0.25) is 4.98 Å². The van der Waals surface area contributed by atoms with Gasteiger partial charge < -0.3 is 9.47 Å². The zero-order valence-corrected chi connectivity index (χ0v) is 25.7. The Morgan fingerprint density at radius 2 is 0.979 bits per heavy atom. The highest BCUT2D eigenvalue weighted by Crippen LogP contribution is 2.33. The van der Waals surface area contributed by atoms with Crippen molar-refractivity contribution >= 4 is 0 Å². The Labute approximate surface area is 273 Å². The molecule has 0 aliphatic heterocycles. The summed E-state index contributed by atoms with van der Waals surface area (Å²) in [7, 11) is 0. The van der Waals surface area contributed by atoms with Crippen LogP contribution in [0.2, 0.25) is 0 Å². The molecule has 0 spiro atoms. The van der Waals surface area contributed by atoms with E-state index in [1.54, 1.807) is 0 Å². The second-order valence-electron chi connectivity index (χ2n) is 11.2. The molecular formula is C38H33N7O2. The topological polar surface area (TPSA) is 92.8 Å². The molecule has 0 saturated carbocycles. The molecule has 0 unspecified atom stereocenters. The van der Waals surface area contributed by atoms with Gasteiger partial charge in [0, 0.05) is 6.20 Å². The van der Waals surface area contributed by atoms with Crippen molar-refractivity contribution in [3.05, 3.63) is 185 Å². The Kier molecular flexibility index (Phi) is 9.04. The number of pyridine rings is 1. The standard InChI is InChI=1S/C38H33N7O2/c1-3-9-29(10-4-1)23-44-25-33(40-42-44)27-46-35-18-14-31(15-19-35)38(37-13-7-8-22-39-37)32-16-20-36(21-17-32)47-28-34-26-45(43-41-34)24-30-11-5-2-6-12-30/h1-22,25-26,38H,23-24,27-28H2. The molecule has 0 atom stereocenters. The Hall–Kier alpha value is -6.09. The van der Waals surface area contributed by atoms with Crippen molar-refractivity contribution in [1.82, 2.24) is 35.0 Å². The minimum absolute atomic E-state index is 0.0601. The van der Waals surface area contributed by atoms with Gasteiger partial charge in [-0.1, -0.05) is 101 Å². The normalized spacial score (nSPS) is 11.1. The Morgan fingerprint density at radius 3 is 1.43 bits per heavy atom. The number of rotatable bonds is 13. The summed E-state index contributed by atoms with van der Waals surface area (Å²) in [6, 6.07) is 42.7. The van der Waals surface area contributed by atoms with E-state index in [4.69, 9.17) is 14.5 Å². The summed E-state index contributed by atoms with van der Waals surface area (Å²) < 4.78 is 15.8. The molecule has 0 amide bonds. The molecular weight excluding hydrogens is 586 g/mol. The second-order valence-corrected chi connectivity index (χ2v) is 11.2. The molecule has 0 aliphatic carbocycles. The molecule has 47 heavy (non-hydrogen) atoms. The lowest BCUT2D eigenvalue weighted by molar-refractivity contribution is 0.301. The first-order valence-corrected chi connectivity index (χ1v) is 15.5. The number of nitrogens with zero attached hydrogens (tertiary/aromatic N) is 7. The van der Waals surface area contributed by atoms with Gasteiger partial charge in [0.1, 0.15) is 36.1 Å². The maximum atomic E-state index is 6.05. The van der Waals surface area contributed by atoms with Crippen molar-refractivity contribution in [2.75, 3.05) is 0 Å². The highest BCUT2D eigenvalue weighted by Gasteiger charge is 2.18. The van der Waals surface area contributed by atoms with E-state index in [2.05, 4.69) is 75.2 Å². The van der Waals surface area contributed by atoms with E-state index in [1.165, 1.54) is 11.1 Å². The fourth-order valence-corrected chi connectivity index (χ4v) is 5.41. The molecule has 9 heteroatoms. The summed E-state index contributed by atoms with van der Waals surface area (Å²) >= 11 is 0. The van der Waals surface area contributed by atoms with Gasteiger partial charge in [-0.25, -0.2) is 9.36 Å². The molecule has 0 bridgehead atoms. The maximum absolute atomic E-state index is 6.05. The zero-order valence-electron chi connectivity index (χ0n) is 25.7. The van der Waals surface area contributed by atoms with E-state index < -0.39 is 0 Å². The third-order valence-electron chi connectivity index (χ3n) is 7.73. The van der Waals surface area contributed by atoms with Crippen molar-refractivity contribution < 1.29 is 9.47 Å². The van der Waals surface area contributed by atoms with Gasteiger partial charge in [0.05, 0.1) is 37.1 Å². The van der Waals surface area contributed by atoms with Crippen LogP contribution in [0.5, 0.6) is 11.5 Å². The predicted molar refractivity (Wildman–Crippen MR) is 178 cm³/mol. The molecule has 0 fully saturated rings. The molecule has 9 nitrogen and oxygen atoms in total. The Morgan fingerprint density at radius 1 is 0.511 bits per heavy atom. The molecule has 0 N–H and O–H groups in total. The number of hydrogen-bond donors (Lipinski definition) is 0. The van der Waals surface area contributed by atoms with Crippen LogP contribution in [0, 0.1) is 0 Å². The van der Waals surface area contributed by atoms with E-state index in [0.717, 1.165) is 39.7 Å². The van der Waals surface area contributed by atoms with Crippen LogP contribution in [0.4, 0.5) is 0 Å². The molecule has 3 heterocycles. The fourth-order valence-electron chi connectivity index (χ4n) is 5.41. The van der Waals surface area contributed by atoms with Crippen LogP contribution in [-0.2, 0) is 26.3 Å². The number of ether oxygens (including phenoxy) is 2. The summed E-state index contributed by atoms with van der Waals surface area (Å²) in [5.74, 6) is 1.46. The molecule has 7 rings (SSSR count). The lowest BCUT2D eigenvalue weighted by Crippen LogP contribution is -2.06. The van der Waals surface area contributed by atoms with E-state index in [0.29, 0.717) is 26.3 Å². The van der Waals surface area contributed by atoms with Gasteiger partial charge in [-0.15, -0.1) is 10.2 Å². The summed E-state index contributed by atoms with van der Waals surface area (Å²) in [4.78, 5) is 4.70. The highest BCUT2D eigenvalue weighted by atomic mass is 16.5. The summed E-state index contributed by atoms with van der Waals surface area (Å²) in [6.45, 7) is 2.01. The predicted octanol–water partition coefficient (Wildman–Crippen LogP) is 6.70. The molecule has 232 valence electrons. The van der Waals surface area contributed by atoms with Crippen LogP contribution in [-0.4, -0.2) is 35.0 Å². The number of benzene rings is 4. The molecule has 0 saturated heterocycles. The first kappa shape index (κ1) is 29.6. The van der Waals surface area contributed by atoms with Crippen molar-refractivity contribution in [2.45, 2.75) is 32.2 Å².